The van der Waals surface area contributed by atoms with Crippen LogP contribution >= 0.6 is 0 Å². The van der Waals surface area contributed by atoms with Gasteiger partial charge in [-0.05, 0) is 33.2 Å². The lowest BCUT2D eigenvalue weighted by Crippen LogP contribution is -2.53. The Morgan fingerprint density at radius 1 is 1.24 bits per heavy atom. The van der Waals surface area contributed by atoms with Crippen LogP contribution in [0.1, 0.15) is 34.1 Å². The van der Waals surface area contributed by atoms with Crippen LogP contribution in [-0.4, -0.2) is 74.2 Å². The van der Waals surface area contributed by atoms with E-state index in [2.05, 4.69) is 29.0 Å². The number of nitrogens with zero attached hydrogens (tertiary/aromatic N) is 2. The highest BCUT2D eigenvalue weighted by molar-refractivity contribution is 5.80. The van der Waals surface area contributed by atoms with Crippen molar-refractivity contribution in [2.45, 2.75) is 39.7 Å². The topological polar surface area (TPSA) is 44.8 Å². The number of hydrogen-bond donors (Lipinski definition) is 1. The first-order valence-corrected chi connectivity index (χ1v) is 8.22. The fourth-order valence-electron chi connectivity index (χ4n) is 2.71. The van der Waals surface area contributed by atoms with Gasteiger partial charge in [-0.15, -0.1) is 0 Å². The van der Waals surface area contributed by atoms with E-state index >= 15 is 0 Å². The third-order valence-electron chi connectivity index (χ3n) is 4.29. The SMILES string of the molecule is CCOC(=O)C(C)(CCN1CCN(CC(C)C)CC1)NC. The van der Waals surface area contributed by atoms with Crippen molar-refractivity contribution in [1.29, 1.82) is 0 Å². The molecule has 1 aliphatic heterocycles. The molecule has 1 fully saturated rings. The number of hydrogen-bond acceptors (Lipinski definition) is 5. The van der Waals surface area contributed by atoms with Crippen molar-refractivity contribution >= 4 is 5.97 Å². The van der Waals surface area contributed by atoms with Crippen molar-refractivity contribution in [3.8, 4) is 0 Å². The maximum atomic E-state index is 12.0. The molecule has 1 N–H and O–H groups in total. The zero-order valence-corrected chi connectivity index (χ0v) is 14.4. The van der Waals surface area contributed by atoms with Gasteiger partial charge in [-0.3, -0.25) is 4.79 Å². The minimum Gasteiger partial charge on any atom is -0.465 e. The molecule has 5 nitrogen and oxygen atoms in total. The molecule has 1 rings (SSSR count). The van der Waals surface area contributed by atoms with Gasteiger partial charge in [-0.2, -0.15) is 0 Å². The van der Waals surface area contributed by atoms with E-state index in [1.807, 2.05) is 20.9 Å². The standard InChI is InChI=1S/C16H33N3O2/c1-6-21-15(20)16(4,17-5)7-8-18-9-11-19(12-10-18)13-14(2)3/h14,17H,6-13H2,1-5H3. The molecule has 0 aromatic carbocycles. The summed E-state index contributed by atoms with van der Waals surface area (Å²) in [7, 11) is 1.83. The summed E-state index contributed by atoms with van der Waals surface area (Å²) in [6, 6.07) is 0. The van der Waals surface area contributed by atoms with E-state index in [0.717, 1.165) is 45.1 Å². The fraction of sp³-hybridized carbons (Fsp3) is 0.938. The predicted molar refractivity (Wildman–Crippen MR) is 86.4 cm³/mol. The number of piperazine rings is 1. The molecule has 0 amide bonds. The quantitative estimate of drug-likeness (QED) is 0.682. The Balaban J connectivity index is 2.36. The Morgan fingerprint density at radius 3 is 2.29 bits per heavy atom. The van der Waals surface area contributed by atoms with Gasteiger partial charge in [0.1, 0.15) is 5.54 Å². The molecule has 0 saturated carbocycles. The van der Waals surface area contributed by atoms with Crippen molar-refractivity contribution in [2.24, 2.45) is 5.92 Å². The lowest BCUT2D eigenvalue weighted by molar-refractivity contribution is -0.150. The third kappa shape index (κ3) is 5.93. The number of carbonyl (C=O) groups excluding carboxylic acids is 1. The number of nitrogens with one attached hydrogen (secondary N) is 1. The molecule has 1 atom stereocenters. The molecule has 0 spiro atoms. The minimum atomic E-state index is -0.578. The van der Waals surface area contributed by atoms with Crippen molar-refractivity contribution < 1.29 is 9.53 Å². The van der Waals surface area contributed by atoms with Gasteiger partial charge in [0.25, 0.3) is 0 Å². The van der Waals surface area contributed by atoms with Crippen molar-refractivity contribution in [3.63, 3.8) is 0 Å². The first kappa shape index (κ1) is 18.4. The summed E-state index contributed by atoms with van der Waals surface area (Å²) in [6.45, 7) is 15.3. The second-order valence-corrected chi connectivity index (χ2v) is 6.59. The van der Waals surface area contributed by atoms with Crippen LogP contribution in [0, 0.1) is 5.92 Å². The fourth-order valence-corrected chi connectivity index (χ4v) is 2.71. The van der Waals surface area contributed by atoms with E-state index in [9.17, 15) is 4.79 Å². The number of carbonyl (C=O) groups is 1. The average molecular weight is 299 g/mol. The van der Waals surface area contributed by atoms with Gasteiger partial charge >= 0.3 is 5.97 Å². The molecule has 21 heavy (non-hydrogen) atoms. The van der Waals surface area contributed by atoms with Crippen LogP contribution in [0.4, 0.5) is 0 Å². The van der Waals surface area contributed by atoms with E-state index in [0.29, 0.717) is 6.61 Å². The van der Waals surface area contributed by atoms with Crippen LogP contribution in [0.2, 0.25) is 0 Å². The van der Waals surface area contributed by atoms with Gasteiger partial charge in [0.15, 0.2) is 0 Å². The Labute approximate surface area is 130 Å². The molecule has 124 valence electrons. The van der Waals surface area contributed by atoms with E-state index in [-0.39, 0.29) is 5.97 Å². The van der Waals surface area contributed by atoms with E-state index < -0.39 is 5.54 Å². The van der Waals surface area contributed by atoms with Gasteiger partial charge in [-0.1, -0.05) is 13.8 Å². The summed E-state index contributed by atoms with van der Waals surface area (Å²) in [5.41, 5.74) is -0.578. The number of esters is 1. The lowest BCUT2D eigenvalue weighted by Gasteiger charge is -2.37. The summed E-state index contributed by atoms with van der Waals surface area (Å²) in [4.78, 5) is 17.0. The zero-order chi connectivity index (χ0) is 15.9. The molecule has 1 saturated heterocycles. The smallest absolute Gasteiger partial charge is 0.326 e. The van der Waals surface area contributed by atoms with Crippen LogP contribution in [-0.2, 0) is 9.53 Å². The highest BCUT2D eigenvalue weighted by Crippen LogP contribution is 2.14. The van der Waals surface area contributed by atoms with E-state index in [1.165, 1.54) is 6.54 Å². The van der Waals surface area contributed by atoms with E-state index in [4.69, 9.17) is 4.74 Å². The monoisotopic (exact) mass is 299 g/mol. The molecule has 0 aromatic rings. The second kappa shape index (κ2) is 8.71. The maximum absolute atomic E-state index is 12.0. The van der Waals surface area contributed by atoms with Crippen LogP contribution in [0.3, 0.4) is 0 Å². The van der Waals surface area contributed by atoms with Gasteiger partial charge in [-0.25, -0.2) is 0 Å². The van der Waals surface area contributed by atoms with Crippen molar-refractivity contribution in [1.82, 2.24) is 15.1 Å². The summed E-state index contributed by atoms with van der Waals surface area (Å²) >= 11 is 0. The normalized spacial score (nSPS) is 20.5. The van der Waals surface area contributed by atoms with Crippen LogP contribution in [0.5, 0.6) is 0 Å². The predicted octanol–water partition coefficient (Wildman–Crippen LogP) is 1.19. The van der Waals surface area contributed by atoms with Crippen LogP contribution in [0.15, 0.2) is 0 Å². The maximum Gasteiger partial charge on any atom is 0.326 e. The van der Waals surface area contributed by atoms with E-state index in [1.54, 1.807) is 0 Å². The molecule has 1 unspecified atom stereocenters. The zero-order valence-electron chi connectivity index (χ0n) is 14.4. The first-order chi connectivity index (χ1) is 9.91. The number of likely N-dealkylation sites (N-methyl/N-ethyl adjacent to an activating group) is 1. The summed E-state index contributed by atoms with van der Waals surface area (Å²) in [5.74, 6) is 0.582. The molecule has 0 radical (unpaired) electrons. The van der Waals surface area contributed by atoms with Gasteiger partial charge in [0.05, 0.1) is 6.61 Å². The molecule has 5 heteroatoms. The minimum absolute atomic E-state index is 0.147. The molecule has 0 bridgehead atoms. The highest BCUT2D eigenvalue weighted by atomic mass is 16.5. The highest BCUT2D eigenvalue weighted by Gasteiger charge is 2.33. The Morgan fingerprint density at radius 2 is 1.81 bits per heavy atom. The average Bonchev–Trinajstić information content (AvgIpc) is 2.46. The lowest BCUT2D eigenvalue weighted by atomic mass is 9.97. The summed E-state index contributed by atoms with van der Waals surface area (Å²) in [6.07, 6.45) is 0.784. The molecule has 0 aliphatic carbocycles. The molecular formula is C16H33N3O2. The Bertz CT molecular complexity index is 315. The first-order valence-electron chi connectivity index (χ1n) is 8.22. The molecule has 0 aromatic heterocycles. The van der Waals surface area contributed by atoms with Crippen molar-refractivity contribution in [3.05, 3.63) is 0 Å². The molecule has 1 heterocycles. The Kier molecular flexibility index (Phi) is 7.63. The largest absolute Gasteiger partial charge is 0.465 e. The molecular weight excluding hydrogens is 266 g/mol. The number of rotatable bonds is 8. The summed E-state index contributed by atoms with van der Waals surface area (Å²) in [5, 5.41) is 3.13. The van der Waals surface area contributed by atoms with Crippen LogP contribution < -0.4 is 5.32 Å². The van der Waals surface area contributed by atoms with Gasteiger partial charge in [0.2, 0.25) is 0 Å². The third-order valence-corrected chi connectivity index (χ3v) is 4.29. The van der Waals surface area contributed by atoms with Crippen molar-refractivity contribution in [2.75, 3.05) is 52.9 Å². The Hall–Kier alpha value is -0.650. The van der Waals surface area contributed by atoms with Gasteiger partial charge in [0, 0.05) is 39.3 Å². The van der Waals surface area contributed by atoms with Gasteiger partial charge < -0.3 is 19.9 Å². The van der Waals surface area contributed by atoms with Crippen LogP contribution in [0.25, 0.3) is 0 Å². The summed E-state index contributed by atoms with van der Waals surface area (Å²) < 4.78 is 5.17. The second-order valence-electron chi connectivity index (χ2n) is 6.59. The number of ether oxygens (including phenoxy) is 1. The molecule has 1 aliphatic rings.